The summed E-state index contributed by atoms with van der Waals surface area (Å²) in [5, 5.41) is 3.23. The molecule has 2 atom stereocenters. The van der Waals surface area contributed by atoms with Crippen LogP contribution in [0.1, 0.15) is 54.9 Å². The van der Waals surface area contributed by atoms with Crippen molar-refractivity contribution < 1.29 is 18.5 Å². The van der Waals surface area contributed by atoms with Crippen LogP contribution in [-0.4, -0.2) is 24.8 Å². The van der Waals surface area contributed by atoms with Gasteiger partial charge in [-0.25, -0.2) is 0 Å². The van der Waals surface area contributed by atoms with Gasteiger partial charge in [-0.1, -0.05) is 27.7 Å². The zero-order chi connectivity index (χ0) is 15.3. The van der Waals surface area contributed by atoms with E-state index in [1.807, 2.05) is 6.92 Å². The lowest BCUT2D eigenvalue weighted by Crippen LogP contribution is -2.37. The maximum absolute atomic E-state index is 11.7. The summed E-state index contributed by atoms with van der Waals surface area (Å²) in [5.74, 6) is 0. The second-order valence-electron chi connectivity index (χ2n) is 6.97. The van der Waals surface area contributed by atoms with E-state index >= 15 is 0 Å². The molecule has 0 aliphatic carbocycles. The standard InChI is InChI=1S/C13H30NO4P/c1-8-14-11(9-12(2,3)4)10-17-19(15,16)18-13(5,6)7/h11,14H,8-10H2,1-7H3,(H,15,16)/p-1. The summed E-state index contributed by atoms with van der Waals surface area (Å²) in [6.45, 7) is 14.2. The second kappa shape index (κ2) is 7.19. The summed E-state index contributed by atoms with van der Waals surface area (Å²) in [7, 11) is -4.25. The van der Waals surface area contributed by atoms with E-state index in [9.17, 15) is 9.46 Å². The summed E-state index contributed by atoms with van der Waals surface area (Å²) in [6.07, 6.45) is 0.830. The van der Waals surface area contributed by atoms with Crippen LogP contribution >= 0.6 is 7.82 Å². The first-order valence-corrected chi connectivity index (χ1v) is 8.20. The molecule has 0 spiro atoms. The third-order valence-electron chi connectivity index (χ3n) is 2.17. The molecule has 1 N–H and O–H groups in total. The first-order valence-electron chi connectivity index (χ1n) is 6.74. The number of phosphoric ester groups is 1. The van der Waals surface area contributed by atoms with Crippen LogP contribution in [0.4, 0.5) is 0 Å². The van der Waals surface area contributed by atoms with Gasteiger partial charge in [0.15, 0.2) is 0 Å². The molecule has 6 heteroatoms. The predicted molar refractivity (Wildman–Crippen MR) is 75.9 cm³/mol. The Morgan fingerprint density at radius 3 is 2.11 bits per heavy atom. The van der Waals surface area contributed by atoms with Crippen LogP contribution in [0, 0.1) is 5.41 Å². The number of likely N-dealkylation sites (N-methyl/N-ethyl adjacent to an activating group) is 1. The normalized spacial score (nSPS) is 18.1. The van der Waals surface area contributed by atoms with Crippen LogP contribution in [0.25, 0.3) is 0 Å². The Balaban J connectivity index is 4.42. The molecule has 0 heterocycles. The third kappa shape index (κ3) is 11.6. The zero-order valence-electron chi connectivity index (χ0n) is 13.3. The molecule has 0 rings (SSSR count). The molecule has 0 aromatic rings. The molecule has 5 nitrogen and oxygen atoms in total. The molecule has 0 saturated heterocycles. The highest BCUT2D eigenvalue weighted by atomic mass is 31.2. The van der Waals surface area contributed by atoms with Crippen molar-refractivity contribution in [2.75, 3.05) is 13.2 Å². The van der Waals surface area contributed by atoms with Gasteiger partial charge in [-0.05, 0) is 39.2 Å². The van der Waals surface area contributed by atoms with Gasteiger partial charge in [0, 0.05) is 6.04 Å². The molecule has 0 aromatic heterocycles. The predicted octanol–water partition coefficient (Wildman–Crippen LogP) is 2.70. The first kappa shape index (κ1) is 19.1. The van der Waals surface area contributed by atoms with Gasteiger partial charge in [0.1, 0.15) is 0 Å². The van der Waals surface area contributed by atoms with Gasteiger partial charge in [-0.2, -0.15) is 0 Å². The van der Waals surface area contributed by atoms with Crippen molar-refractivity contribution in [3.63, 3.8) is 0 Å². The van der Waals surface area contributed by atoms with Gasteiger partial charge in [0.2, 0.25) is 0 Å². The fourth-order valence-corrected chi connectivity index (χ4v) is 2.85. The van der Waals surface area contributed by atoms with E-state index in [4.69, 9.17) is 9.05 Å². The molecule has 116 valence electrons. The molecule has 0 bridgehead atoms. The van der Waals surface area contributed by atoms with Crippen LogP contribution in [0.15, 0.2) is 0 Å². The third-order valence-corrected chi connectivity index (χ3v) is 3.41. The van der Waals surface area contributed by atoms with Crippen molar-refractivity contribution in [3.05, 3.63) is 0 Å². The van der Waals surface area contributed by atoms with E-state index < -0.39 is 13.4 Å². The minimum absolute atomic E-state index is 0.00385. The van der Waals surface area contributed by atoms with Crippen molar-refractivity contribution in [1.29, 1.82) is 0 Å². The SMILES string of the molecule is CCNC(COP(=O)([O-])OC(C)(C)C)CC(C)(C)C. The number of hydrogen-bond acceptors (Lipinski definition) is 5. The van der Waals surface area contributed by atoms with Gasteiger partial charge in [-0.15, -0.1) is 0 Å². The van der Waals surface area contributed by atoms with E-state index in [0.717, 1.165) is 13.0 Å². The molecule has 0 fully saturated rings. The van der Waals surface area contributed by atoms with Crippen LogP contribution in [-0.2, 0) is 13.6 Å². The molecule has 0 aromatic carbocycles. The highest BCUT2D eigenvalue weighted by Crippen LogP contribution is 2.43. The van der Waals surface area contributed by atoms with E-state index in [1.165, 1.54) is 0 Å². The van der Waals surface area contributed by atoms with Crippen LogP contribution in [0.2, 0.25) is 0 Å². The minimum atomic E-state index is -4.25. The molecule has 0 radical (unpaired) electrons. The van der Waals surface area contributed by atoms with E-state index in [-0.39, 0.29) is 18.1 Å². The summed E-state index contributed by atoms with van der Waals surface area (Å²) in [4.78, 5) is 11.7. The van der Waals surface area contributed by atoms with Gasteiger partial charge >= 0.3 is 0 Å². The topological polar surface area (TPSA) is 70.6 Å². The van der Waals surface area contributed by atoms with E-state index in [2.05, 4.69) is 26.1 Å². The lowest BCUT2D eigenvalue weighted by atomic mass is 9.88. The number of rotatable bonds is 7. The minimum Gasteiger partial charge on any atom is -0.756 e. The largest absolute Gasteiger partial charge is 0.756 e. The molecule has 19 heavy (non-hydrogen) atoms. The Morgan fingerprint density at radius 2 is 1.74 bits per heavy atom. The van der Waals surface area contributed by atoms with Crippen LogP contribution in [0.3, 0.4) is 0 Å². The molecule has 0 aliphatic rings. The average Bonchev–Trinajstić information content (AvgIpc) is 2.08. The Morgan fingerprint density at radius 1 is 1.21 bits per heavy atom. The highest BCUT2D eigenvalue weighted by Gasteiger charge is 2.23. The summed E-state index contributed by atoms with van der Waals surface area (Å²) in [6, 6.07) is -0.00385. The number of hydrogen-bond donors (Lipinski definition) is 1. The maximum Gasteiger partial charge on any atom is 0.268 e. The van der Waals surface area contributed by atoms with Crippen molar-refractivity contribution in [3.8, 4) is 0 Å². The summed E-state index contributed by atoms with van der Waals surface area (Å²) < 4.78 is 21.6. The summed E-state index contributed by atoms with van der Waals surface area (Å²) >= 11 is 0. The smallest absolute Gasteiger partial charge is 0.268 e. The fraction of sp³-hybridized carbons (Fsp3) is 1.00. The molecular weight excluding hydrogens is 265 g/mol. The second-order valence-corrected chi connectivity index (χ2v) is 8.30. The quantitative estimate of drug-likeness (QED) is 0.731. The van der Waals surface area contributed by atoms with Gasteiger partial charge in [0.05, 0.1) is 12.2 Å². The summed E-state index contributed by atoms with van der Waals surface area (Å²) in [5.41, 5.74) is -0.664. The van der Waals surface area contributed by atoms with Crippen molar-refractivity contribution in [1.82, 2.24) is 5.32 Å². The van der Waals surface area contributed by atoms with Crippen LogP contribution < -0.4 is 10.2 Å². The molecular formula is C13H29NO4P-. The van der Waals surface area contributed by atoms with Gasteiger partial charge in [0.25, 0.3) is 7.82 Å². The number of nitrogens with one attached hydrogen (secondary N) is 1. The van der Waals surface area contributed by atoms with Crippen LogP contribution in [0.5, 0.6) is 0 Å². The Bertz CT molecular complexity index is 307. The highest BCUT2D eigenvalue weighted by molar-refractivity contribution is 7.45. The zero-order valence-corrected chi connectivity index (χ0v) is 14.2. The monoisotopic (exact) mass is 294 g/mol. The van der Waals surface area contributed by atoms with Crippen molar-refractivity contribution in [2.24, 2.45) is 5.41 Å². The molecule has 0 saturated carbocycles. The molecule has 2 unspecified atom stereocenters. The van der Waals surface area contributed by atoms with Crippen molar-refractivity contribution >= 4 is 7.82 Å². The van der Waals surface area contributed by atoms with E-state index in [1.54, 1.807) is 20.8 Å². The Kier molecular flexibility index (Phi) is 7.21. The fourth-order valence-electron chi connectivity index (χ4n) is 1.76. The van der Waals surface area contributed by atoms with Gasteiger partial charge < -0.3 is 19.3 Å². The Hall–Kier alpha value is 0.0700. The molecule has 0 amide bonds. The maximum atomic E-state index is 11.7. The average molecular weight is 294 g/mol. The lowest BCUT2D eigenvalue weighted by molar-refractivity contribution is -0.234. The first-order chi connectivity index (χ1) is 8.35. The Labute approximate surface area is 117 Å². The van der Waals surface area contributed by atoms with E-state index in [0.29, 0.717) is 0 Å². The van der Waals surface area contributed by atoms with Crippen molar-refractivity contribution in [2.45, 2.75) is 66.5 Å². The molecule has 0 aliphatic heterocycles. The van der Waals surface area contributed by atoms with Gasteiger partial charge in [-0.3, -0.25) is 4.57 Å². The lowest BCUT2D eigenvalue weighted by Gasteiger charge is -2.33. The number of phosphoric acid groups is 1.